The summed E-state index contributed by atoms with van der Waals surface area (Å²) in [5.41, 5.74) is 6.88. The van der Waals surface area contributed by atoms with Gasteiger partial charge in [-0.05, 0) is 17.7 Å². The van der Waals surface area contributed by atoms with Crippen molar-refractivity contribution in [1.82, 2.24) is 0 Å². The summed E-state index contributed by atoms with van der Waals surface area (Å²) in [6.45, 7) is 0. The van der Waals surface area contributed by atoms with E-state index in [-0.39, 0.29) is 24.1 Å². The van der Waals surface area contributed by atoms with Crippen LogP contribution in [-0.4, -0.2) is 11.0 Å². The number of anilines is 1. The summed E-state index contributed by atoms with van der Waals surface area (Å²) in [5, 5.41) is 14.8. The van der Waals surface area contributed by atoms with E-state index < -0.39 is 0 Å². The Labute approximate surface area is 116 Å². The van der Waals surface area contributed by atoms with Crippen molar-refractivity contribution in [2.45, 2.75) is 12.5 Å². The van der Waals surface area contributed by atoms with Gasteiger partial charge in [0, 0.05) is 6.42 Å². The Morgan fingerprint density at radius 1 is 1.15 bits per heavy atom. The first-order chi connectivity index (χ1) is 9.70. The van der Waals surface area contributed by atoms with Crippen LogP contribution in [-0.2, 0) is 0 Å². The van der Waals surface area contributed by atoms with Crippen molar-refractivity contribution in [3.05, 3.63) is 66.0 Å². The minimum Gasteiger partial charge on any atom is -0.409 e. The number of halogens is 1. The third kappa shape index (κ3) is 3.47. The van der Waals surface area contributed by atoms with Gasteiger partial charge in [-0.15, -0.1) is 0 Å². The second-order valence-electron chi connectivity index (χ2n) is 4.38. The molecule has 0 spiro atoms. The smallest absolute Gasteiger partial charge is 0.146 e. The number of rotatable bonds is 5. The zero-order valence-electron chi connectivity index (χ0n) is 10.8. The average molecular weight is 273 g/mol. The lowest BCUT2D eigenvalue weighted by Crippen LogP contribution is -2.21. The molecule has 2 aromatic rings. The molecular formula is C15H16FN3O. The van der Waals surface area contributed by atoms with Crippen LogP contribution in [0, 0.1) is 5.82 Å². The van der Waals surface area contributed by atoms with Crippen LogP contribution in [0.4, 0.5) is 10.1 Å². The minimum atomic E-state index is -0.340. The van der Waals surface area contributed by atoms with E-state index in [2.05, 4.69) is 10.5 Å². The van der Waals surface area contributed by atoms with E-state index in [4.69, 9.17) is 10.9 Å². The molecule has 0 fully saturated rings. The number of oxime groups is 1. The van der Waals surface area contributed by atoms with Gasteiger partial charge in [0.05, 0.1) is 11.7 Å². The molecule has 4 nitrogen and oxygen atoms in total. The topological polar surface area (TPSA) is 70.6 Å². The van der Waals surface area contributed by atoms with Crippen LogP contribution in [0.5, 0.6) is 0 Å². The second-order valence-corrected chi connectivity index (χ2v) is 4.38. The largest absolute Gasteiger partial charge is 0.409 e. The van der Waals surface area contributed by atoms with E-state index in [0.29, 0.717) is 5.69 Å². The lowest BCUT2D eigenvalue weighted by molar-refractivity contribution is 0.316. The van der Waals surface area contributed by atoms with Gasteiger partial charge in [0.25, 0.3) is 0 Å². The van der Waals surface area contributed by atoms with Gasteiger partial charge in [0.15, 0.2) is 0 Å². The first-order valence-electron chi connectivity index (χ1n) is 6.23. The molecule has 4 N–H and O–H groups in total. The summed E-state index contributed by atoms with van der Waals surface area (Å²) >= 11 is 0. The van der Waals surface area contributed by atoms with E-state index in [9.17, 15) is 4.39 Å². The number of nitrogens with zero attached hydrogens (tertiary/aromatic N) is 1. The summed E-state index contributed by atoms with van der Waals surface area (Å²) in [6, 6.07) is 15.6. The Morgan fingerprint density at radius 2 is 1.80 bits per heavy atom. The molecule has 2 aromatic carbocycles. The number of nitrogens with one attached hydrogen (secondary N) is 1. The molecule has 0 saturated heterocycles. The highest BCUT2D eigenvalue weighted by atomic mass is 19.1. The van der Waals surface area contributed by atoms with E-state index >= 15 is 0 Å². The third-order valence-electron chi connectivity index (χ3n) is 2.95. The molecule has 1 atom stereocenters. The molecule has 0 amide bonds. The minimum absolute atomic E-state index is 0.0858. The molecule has 5 heteroatoms. The third-order valence-corrected chi connectivity index (χ3v) is 2.95. The second kappa shape index (κ2) is 6.56. The van der Waals surface area contributed by atoms with Gasteiger partial charge in [0.1, 0.15) is 11.7 Å². The van der Waals surface area contributed by atoms with Crippen molar-refractivity contribution in [3.8, 4) is 0 Å². The summed E-state index contributed by atoms with van der Waals surface area (Å²) in [7, 11) is 0. The Hall–Kier alpha value is -2.56. The van der Waals surface area contributed by atoms with Gasteiger partial charge in [-0.1, -0.05) is 47.6 Å². The summed E-state index contributed by atoms with van der Waals surface area (Å²) in [4.78, 5) is 0. The highest BCUT2D eigenvalue weighted by Gasteiger charge is 2.15. The number of nitrogens with two attached hydrogens (primary N) is 1. The predicted molar refractivity (Wildman–Crippen MR) is 77.2 cm³/mol. The van der Waals surface area contributed by atoms with Crippen LogP contribution in [0.25, 0.3) is 0 Å². The van der Waals surface area contributed by atoms with Gasteiger partial charge < -0.3 is 16.3 Å². The molecule has 0 aromatic heterocycles. The lowest BCUT2D eigenvalue weighted by Gasteiger charge is -2.20. The van der Waals surface area contributed by atoms with Crippen LogP contribution in [0.15, 0.2) is 59.8 Å². The molecule has 1 unspecified atom stereocenters. The zero-order chi connectivity index (χ0) is 14.4. The fourth-order valence-electron chi connectivity index (χ4n) is 1.95. The molecule has 0 aliphatic heterocycles. The van der Waals surface area contributed by atoms with Gasteiger partial charge in [-0.3, -0.25) is 0 Å². The molecule has 104 valence electrons. The highest BCUT2D eigenvalue weighted by molar-refractivity contribution is 5.80. The van der Waals surface area contributed by atoms with Gasteiger partial charge >= 0.3 is 0 Å². The van der Waals surface area contributed by atoms with Gasteiger partial charge in [-0.2, -0.15) is 0 Å². The SMILES string of the molecule is NC(CC(Nc1ccccc1F)c1ccccc1)=NO. The Balaban J connectivity index is 2.26. The molecule has 0 bridgehead atoms. The van der Waals surface area contributed by atoms with Crippen LogP contribution in [0.2, 0.25) is 0 Å². The van der Waals surface area contributed by atoms with Crippen molar-refractivity contribution in [1.29, 1.82) is 0 Å². The van der Waals surface area contributed by atoms with E-state index in [1.54, 1.807) is 18.2 Å². The normalized spacial score (nSPS) is 12.9. The Bertz CT molecular complexity index is 587. The number of benzene rings is 2. The molecule has 0 heterocycles. The maximum Gasteiger partial charge on any atom is 0.146 e. The Morgan fingerprint density at radius 3 is 2.45 bits per heavy atom. The monoisotopic (exact) mass is 273 g/mol. The summed E-state index contributed by atoms with van der Waals surface area (Å²) < 4.78 is 13.7. The van der Waals surface area contributed by atoms with Crippen molar-refractivity contribution in [3.63, 3.8) is 0 Å². The van der Waals surface area contributed by atoms with Crippen LogP contribution in [0.3, 0.4) is 0 Å². The molecule has 0 radical (unpaired) electrons. The van der Waals surface area contributed by atoms with Crippen molar-refractivity contribution >= 4 is 11.5 Å². The number of hydrogen-bond donors (Lipinski definition) is 3. The fourth-order valence-corrected chi connectivity index (χ4v) is 1.95. The predicted octanol–water partition coefficient (Wildman–Crippen LogP) is 3.12. The molecule has 0 aliphatic carbocycles. The first kappa shape index (κ1) is 13.9. The number of amidine groups is 1. The summed E-state index contributed by atoms with van der Waals surface area (Å²) in [5.74, 6) is -0.254. The number of para-hydroxylation sites is 1. The maximum absolute atomic E-state index is 13.7. The van der Waals surface area contributed by atoms with Crippen LogP contribution >= 0.6 is 0 Å². The molecule has 0 aliphatic rings. The van der Waals surface area contributed by atoms with Crippen LogP contribution in [0.1, 0.15) is 18.0 Å². The standard InChI is InChI=1S/C15H16FN3O/c16-12-8-4-5-9-13(12)18-14(10-15(17)19-20)11-6-2-1-3-7-11/h1-9,14,18,20H,10H2,(H2,17,19). The van der Waals surface area contributed by atoms with E-state index in [1.807, 2.05) is 30.3 Å². The van der Waals surface area contributed by atoms with Crippen molar-refractivity contribution in [2.24, 2.45) is 10.9 Å². The van der Waals surface area contributed by atoms with Gasteiger partial charge in [0.2, 0.25) is 0 Å². The maximum atomic E-state index is 13.7. The van der Waals surface area contributed by atoms with Gasteiger partial charge in [-0.25, -0.2) is 4.39 Å². The molecule has 0 saturated carbocycles. The fraction of sp³-hybridized carbons (Fsp3) is 0.133. The quantitative estimate of drug-likeness (QED) is 0.339. The average Bonchev–Trinajstić information content (AvgIpc) is 2.49. The molecule has 2 rings (SSSR count). The van der Waals surface area contributed by atoms with E-state index in [1.165, 1.54) is 6.07 Å². The van der Waals surface area contributed by atoms with Crippen LogP contribution < -0.4 is 11.1 Å². The van der Waals surface area contributed by atoms with E-state index in [0.717, 1.165) is 5.56 Å². The van der Waals surface area contributed by atoms with Crippen molar-refractivity contribution < 1.29 is 9.60 Å². The highest BCUT2D eigenvalue weighted by Crippen LogP contribution is 2.24. The first-order valence-corrected chi connectivity index (χ1v) is 6.23. The van der Waals surface area contributed by atoms with Crippen molar-refractivity contribution in [2.75, 3.05) is 5.32 Å². The Kier molecular flexibility index (Phi) is 4.55. The zero-order valence-corrected chi connectivity index (χ0v) is 10.8. The molecular weight excluding hydrogens is 257 g/mol. The lowest BCUT2D eigenvalue weighted by atomic mass is 10.0. The molecule has 20 heavy (non-hydrogen) atoms. The summed E-state index contributed by atoms with van der Waals surface area (Å²) in [6.07, 6.45) is 0.273. The number of hydrogen-bond acceptors (Lipinski definition) is 3.